The number of hydrogen-bond acceptors (Lipinski definition) is 6. The van der Waals surface area contributed by atoms with Crippen LogP contribution in [0.1, 0.15) is 35.2 Å². The van der Waals surface area contributed by atoms with Crippen molar-refractivity contribution in [3.05, 3.63) is 76.9 Å². The molecule has 1 saturated heterocycles. The van der Waals surface area contributed by atoms with Crippen molar-refractivity contribution >= 4 is 33.0 Å². The fourth-order valence-electron chi connectivity index (χ4n) is 4.22. The number of sulfone groups is 1. The minimum absolute atomic E-state index is 0.154. The molecule has 2 aromatic carbocycles. The third-order valence-electron chi connectivity index (χ3n) is 6.03. The van der Waals surface area contributed by atoms with Gasteiger partial charge in [-0.25, -0.2) is 8.42 Å². The Hall–Kier alpha value is -2.94. The SMILES string of the molecule is CS(=O)(=O)Cc1ccc(C(=O)Nc2ccc(Cl)c(-c3ccccn3)c2)cc1OCCN1CCCCC1. The van der Waals surface area contributed by atoms with Crippen LogP contribution in [0.3, 0.4) is 0 Å². The van der Waals surface area contributed by atoms with E-state index < -0.39 is 9.84 Å². The van der Waals surface area contributed by atoms with Crippen LogP contribution in [0.15, 0.2) is 60.8 Å². The van der Waals surface area contributed by atoms with E-state index >= 15 is 0 Å². The number of amides is 1. The molecule has 1 aliphatic rings. The summed E-state index contributed by atoms with van der Waals surface area (Å²) in [7, 11) is -3.27. The van der Waals surface area contributed by atoms with Gasteiger partial charge in [-0.15, -0.1) is 0 Å². The summed E-state index contributed by atoms with van der Waals surface area (Å²) in [5, 5.41) is 3.42. The van der Waals surface area contributed by atoms with E-state index in [2.05, 4.69) is 15.2 Å². The van der Waals surface area contributed by atoms with Crippen molar-refractivity contribution in [2.75, 3.05) is 37.8 Å². The van der Waals surface area contributed by atoms with Crippen LogP contribution < -0.4 is 10.1 Å². The average Bonchev–Trinajstić information content (AvgIpc) is 2.86. The second-order valence-electron chi connectivity index (χ2n) is 9.01. The van der Waals surface area contributed by atoms with E-state index in [-0.39, 0.29) is 11.7 Å². The van der Waals surface area contributed by atoms with Crippen LogP contribution in [0.2, 0.25) is 5.02 Å². The Labute approximate surface area is 217 Å². The molecule has 1 amide bonds. The molecule has 0 unspecified atom stereocenters. The zero-order chi connectivity index (χ0) is 25.5. The van der Waals surface area contributed by atoms with Crippen LogP contribution >= 0.6 is 11.6 Å². The molecule has 4 rings (SSSR count). The maximum absolute atomic E-state index is 13.1. The molecule has 1 N–H and O–H groups in total. The fraction of sp³-hybridized carbons (Fsp3) is 0.333. The lowest BCUT2D eigenvalue weighted by Gasteiger charge is -2.26. The number of halogens is 1. The Morgan fingerprint density at radius 3 is 2.61 bits per heavy atom. The largest absolute Gasteiger partial charge is 0.492 e. The molecule has 0 radical (unpaired) electrons. The van der Waals surface area contributed by atoms with Crippen molar-refractivity contribution in [3.8, 4) is 17.0 Å². The number of carbonyl (C=O) groups excluding carboxylic acids is 1. The van der Waals surface area contributed by atoms with Crippen LogP contribution in [0.4, 0.5) is 5.69 Å². The standard InChI is InChI=1S/C27H30ClN3O4S/c1-36(33,34)19-21-9-8-20(17-26(21)35-16-15-31-13-5-2-6-14-31)27(32)30-22-10-11-24(28)23(18-22)25-7-3-4-12-29-25/h3-4,7-12,17-18H,2,5-6,13-16,19H2,1H3,(H,30,32). The lowest BCUT2D eigenvalue weighted by molar-refractivity contribution is 0.102. The zero-order valence-electron chi connectivity index (χ0n) is 20.2. The number of benzene rings is 2. The molecular weight excluding hydrogens is 498 g/mol. The van der Waals surface area contributed by atoms with Crippen molar-refractivity contribution in [2.24, 2.45) is 0 Å². The number of likely N-dealkylation sites (tertiary alicyclic amines) is 1. The first kappa shape index (κ1) is 26.1. The maximum atomic E-state index is 13.1. The van der Waals surface area contributed by atoms with Gasteiger partial charge in [-0.3, -0.25) is 14.7 Å². The molecule has 0 bridgehead atoms. The maximum Gasteiger partial charge on any atom is 0.255 e. The molecule has 1 aliphatic heterocycles. The number of pyridine rings is 1. The molecule has 0 atom stereocenters. The number of carbonyl (C=O) groups is 1. The third kappa shape index (κ3) is 7.29. The topological polar surface area (TPSA) is 88.6 Å². The Balaban J connectivity index is 1.51. The summed E-state index contributed by atoms with van der Waals surface area (Å²) >= 11 is 6.36. The van der Waals surface area contributed by atoms with Crippen molar-refractivity contribution in [3.63, 3.8) is 0 Å². The predicted molar refractivity (Wildman–Crippen MR) is 143 cm³/mol. The number of ether oxygens (including phenoxy) is 1. The number of nitrogens with zero attached hydrogens (tertiary/aromatic N) is 2. The minimum atomic E-state index is -3.27. The number of piperidine rings is 1. The van der Waals surface area contributed by atoms with Crippen LogP contribution in [0.25, 0.3) is 11.3 Å². The second kappa shape index (κ2) is 11.9. The summed E-state index contributed by atoms with van der Waals surface area (Å²) in [6.45, 7) is 3.27. The number of nitrogens with one attached hydrogen (secondary N) is 1. The van der Waals surface area contributed by atoms with E-state index in [9.17, 15) is 13.2 Å². The van der Waals surface area contributed by atoms with Gasteiger partial charge in [-0.1, -0.05) is 30.2 Å². The monoisotopic (exact) mass is 527 g/mol. The summed E-state index contributed by atoms with van der Waals surface area (Å²) in [4.78, 5) is 19.8. The zero-order valence-corrected chi connectivity index (χ0v) is 21.8. The summed E-state index contributed by atoms with van der Waals surface area (Å²) in [6, 6.07) is 15.6. The van der Waals surface area contributed by atoms with Gasteiger partial charge >= 0.3 is 0 Å². The number of hydrogen-bond donors (Lipinski definition) is 1. The third-order valence-corrected chi connectivity index (χ3v) is 7.19. The van der Waals surface area contributed by atoms with Gasteiger partial charge in [-0.05, 0) is 68.4 Å². The summed E-state index contributed by atoms with van der Waals surface area (Å²) in [6.07, 6.45) is 6.49. The second-order valence-corrected chi connectivity index (χ2v) is 11.6. The highest BCUT2D eigenvalue weighted by molar-refractivity contribution is 7.89. The highest BCUT2D eigenvalue weighted by atomic mass is 35.5. The van der Waals surface area contributed by atoms with Gasteiger partial charge in [0.05, 0.1) is 16.5 Å². The molecule has 9 heteroatoms. The molecule has 0 aliphatic carbocycles. The number of aromatic nitrogens is 1. The van der Waals surface area contributed by atoms with Crippen molar-refractivity contribution in [1.29, 1.82) is 0 Å². The van der Waals surface area contributed by atoms with Gasteiger partial charge < -0.3 is 10.1 Å². The van der Waals surface area contributed by atoms with E-state index in [0.29, 0.717) is 45.5 Å². The summed E-state index contributed by atoms with van der Waals surface area (Å²) < 4.78 is 29.9. The highest BCUT2D eigenvalue weighted by Crippen LogP contribution is 2.30. The Morgan fingerprint density at radius 2 is 1.89 bits per heavy atom. The smallest absolute Gasteiger partial charge is 0.255 e. The van der Waals surface area contributed by atoms with Crippen molar-refractivity contribution < 1.29 is 17.9 Å². The normalized spacial score (nSPS) is 14.4. The van der Waals surface area contributed by atoms with Gasteiger partial charge in [-0.2, -0.15) is 0 Å². The average molecular weight is 528 g/mol. The Morgan fingerprint density at radius 1 is 1.08 bits per heavy atom. The van der Waals surface area contributed by atoms with Crippen LogP contribution in [0.5, 0.6) is 5.75 Å². The molecule has 36 heavy (non-hydrogen) atoms. The molecule has 3 aromatic rings. The molecule has 1 fully saturated rings. The van der Waals surface area contributed by atoms with E-state index in [4.69, 9.17) is 16.3 Å². The van der Waals surface area contributed by atoms with Crippen LogP contribution in [0, 0.1) is 0 Å². The molecule has 0 spiro atoms. The van der Waals surface area contributed by atoms with Crippen molar-refractivity contribution in [1.82, 2.24) is 9.88 Å². The molecule has 7 nitrogen and oxygen atoms in total. The quantitative estimate of drug-likeness (QED) is 0.418. The van der Waals surface area contributed by atoms with Gasteiger partial charge in [0, 0.05) is 41.4 Å². The van der Waals surface area contributed by atoms with Crippen molar-refractivity contribution in [2.45, 2.75) is 25.0 Å². The Bertz CT molecular complexity index is 1310. The van der Waals surface area contributed by atoms with Gasteiger partial charge in [0.15, 0.2) is 9.84 Å². The molecule has 190 valence electrons. The van der Waals surface area contributed by atoms with E-state index in [1.165, 1.54) is 25.5 Å². The van der Waals surface area contributed by atoms with E-state index in [1.54, 1.807) is 42.6 Å². The summed E-state index contributed by atoms with van der Waals surface area (Å²) in [5.74, 6) is -0.0788. The highest BCUT2D eigenvalue weighted by Gasteiger charge is 2.16. The first-order valence-corrected chi connectivity index (χ1v) is 14.4. The predicted octanol–water partition coefficient (Wildman–Crippen LogP) is 5.06. The lowest BCUT2D eigenvalue weighted by atomic mass is 10.1. The summed E-state index contributed by atoms with van der Waals surface area (Å²) in [5.41, 5.74) is 2.89. The lowest BCUT2D eigenvalue weighted by Crippen LogP contribution is -2.33. The first-order valence-electron chi connectivity index (χ1n) is 12.0. The first-order chi connectivity index (χ1) is 17.3. The van der Waals surface area contributed by atoms with Gasteiger partial charge in [0.2, 0.25) is 0 Å². The Kier molecular flexibility index (Phi) is 8.61. The van der Waals surface area contributed by atoms with E-state index in [0.717, 1.165) is 19.6 Å². The fourth-order valence-corrected chi connectivity index (χ4v) is 5.24. The number of rotatable bonds is 9. The molecule has 0 saturated carbocycles. The minimum Gasteiger partial charge on any atom is -0.492 e. The van der Waals surface area contributed by atoms with Gasteiger partial charge in [0.1, 0.15) is 12.4 Å². The number of anilines is 1. The van der Waals surface area contributed by atoms with Crippen LogP contribution in [-0.2, 0) is 15.6 Å². The molecular formula is C27H30ClN3O4S. The molecule has 2 heterocycles. The molecule has 1 aromatic heterocycles. The van der Waals surface area contributed by atoms with E-state index in [1.807, 2.05) is 18.2 Å². The van der Waals surface area contributed by atoms with Gasteiger partial charge in [0.25, 0.3) is 5.91 Å². The van der Waals surface area contributed by atoms with Crippen LogP contribution in [-0.4, -0.2) is 56.7 Å².